The van der Waals surface area contributed by atoms with Gasteiger partial charge in [0.25, 0.3) is 11.5 Å². The fraction of sp³-hybridized carbons (Fsp3) is 0.273. The normalized spacial score (nSPS) is 11.6. The van der Waals surface area contributed by atoms with Gasteiger partial charge in [-0.3, -0.25) is 9.59 Å². The number of hydrogen-bond donors (Lipinski definition) is 2. The predicted molar refractivity (Wildman–Crippen MR) is 109 cm³/mol. The first-order chi connectivity index (χ1) is 14.2. The minimum Gasteiger partial charge on any atom is -0.506 e. The average molecular weight is 418 g/mol. The number of unbranched alkanes of at least 4 members (excludes halogenated alkanes) is 2. The Morgan fingerprint density at radius 3 is 2.53 bits per heavy atom. The molecular formula is C22H21F3N2O3. The standard InChI is InChI=1S/C22H21F3N2O3/c1-2-3-6-12-27-17-11-5-4-10-16(17)19(28)18(21(27)30)20(29)26-15-9-7-8-14(13-15)22(23,24)25/h4-5,7-11,13,28H,2-3,6,12H2,1H3,(H,26,29). The number of pyridine rings is 1. The molecule has 2 aromatic carbocycles. The first-order valence-corrected chi connectivity index (χ1v) is 9.57. The average Bonchev–Trinajstić information content (AvgIpc) is 2.70. The highest BCUT2D eigenvalue weighted by atomic mass is 19.4. The van der Waals surface area contributed by atoms with Gasteiger partial charge >= 0.3 is 6.18 Å². The zero-order valence-electron chi connectivity index (χ0n) is 16.3. The summed E-state index contributed by atoms with van der Waals surface area (Å²) in [6, 6.07) is 10.7. The molecule has 0 aliphatic heterocycles. The summed E-state index contributed by atoms with van der Waals surface area (Å²) in [5.74, 6) is -1.46. The van der Waals surface area contributed by atoms with Crippen molar-refractivity contribution < 1.29 is 23.1 Å². The summed E-state index contributed by atoms with van der Waals surface area (Å²) < 4.78 is 40.2. The van der Waals surface area contributed by atoms with Gasteiger partial charge in [-0.05, 0) is 36.8 Å². The summed E-state index contributed by atoms with van der Waals surface area (Å²) in [7, 11) is 0. The molecule has 0 radical (unpaired) electrons. The van der Waals surface area contributed by atoms with E-state index in [9.17, 15) is 27.9 Å². The Morgan fingerprint density at radius 1 is 1.10 bits per heavy atom. The first kappa shape index (κ1) is 21.4. The van der Waals surface area contributed by atoms with Gasteiger partial charge in [0.05, 0.1) is 11.1 Å². The van der Waals surface area contributed by atoms with Crippen LogP contribution in [0.1, 0.15) is 42.1 Å². The Hall–Kier alpha value is -3.29. The van der Waals surface area contributed by atoms with E-state index < -0.39 is 34.5 Å². The van der Waals surface area contributed by atoms with Crippen molar-refractivity contribution in [2.24, 2.45) is 0 Å². The lowest BCUT2D eigenvalue weighted by molar-refractivity contribution is -0.137. The first-order valence-electron chi connectivity index (χ1n) is 9.57. The number of anilines is 1. The molecular weight excluding hydrogens is 397 g/mol. The number of para-hydroxylation sites is 1. The lowest BCUT2D eigenvalue weighted by Gasteiger charge is -2.15. The number of carbonyl (C=O) groups is 1. The van der Waals surface area contributed by atoms with E-state index in [0.29, 0.717) is 23.9 Å². The van der Waals surface area contributed by atoms with Crippen LogP contribution in [0.25, 0.3) is 10.9 Å². The van der Waals surface area contributed by atoms with Crippen LogP contribution in [-0.2, 0) is 12.7 Å². The molecule has 0 bridgehead atoms. The number of carbonyl (C=O) groups excluding carboxylic acids is 1. The number of halogens is 3. The number of alkyl halides is 3. The van der Waals surface area contributed by atoms with Crippen LogP contribution in [-0.4, -0.2) is 15.6 Å². The fourth-order valence-corrected chi connectivity index (χ4v) is 3.30. The molecule has 8 heteroatoms. The molecule has 2 N–H and O–H groups in total. The molecule has 30 heavy (non-hydrogen) atoms. The maximum Gasteiger partial charge on any atom is 0.416 e. The highest BCUT2D eigenvalue weighted by Gasteiger charge is 2.31. The molecule has 0 saturated heterocycles. The smallest absolute Gasteiger partial charge is 0.416 e. The van der Waals surface area contributed by atoms with Crippen LogP contribution in [0.4, 0.5) is 18.9 Å². The van der Waals surface area contributed by atoms with Crippen LogP contribution in [0, 0.1) is 0 Å². The number of aromatic nitrogens is 1. The molecule has 1 amide bonds. The summed E-state index contributed by atoms with van der Waals surface area (Å²) in [6.45, 7) is 2.38. The third kappa shape index (κ3) is 4.32. The third-order valence-corrected chi connectivity index (χ3v) is 4.81. The van der Waals surface area contributed by atoms with Gasteiger partial charge in [-0.15, -0.1) is 0 Å². The number of nitrogens with one attached hydrogen (secondary N) is 1. The van der Waals surface area contributed by atoms with Crippen LogP contribution < -0.4 is 10.9 Å². The number of aryl methyl sites for hydroxylation is 1. The molecule has 3 aromatic rings. The predicted octanol–water partition coefficient (Wildman–Crippen LogP) is 5.17. The third-order valence-electron chi connectivity index (χ3n) is 4.81. The second-order valence-electron chi connectivity index (χ2n) is 6.94. The molecule has 1 heterocycles. The quantitative estimate of drug-likeness (QED) is 0.543. The topological polar surface area (TPSA) is 71.3 Å². The maximum absolute atomic E-state index is 13.0. The van der Waals surface area contributed by atoms with Crippen molar-refractivity contribution >= 4 is 22.5 Å². The van der Waals surface area contributed by atoms with Crippen molar-refractivity contribution in [1.82, 2.24) is 4.57 Å². The molecule has 0 aliphatic rings. The molecule has 3 rings (SSSR count). The second kappa shape index (κ2) is 8.61. The molecule has 0 aliphatic carbocycles. The van der Waals surface area contributed by atoms with Crippen molar-refractivity contribution in [3.8, 4) is 5.75 Å². The van der Waals surface area contributed by atoms with E-state index >= 15 is 0 Å². The monoisotopic (exact) mass is 418 g/mol. The number of aromatic hydroxyl groups is 1. The van der Waals surface area contributed by atoms with E-state index in [1.165, 1.54) is 10.6 Å². The number of benzene rings is 2. The Bertz CT molecular complexity index is 1140. The SMILES string of the molecule is CCCCCn1c(=O)c(C(=O)Nc2cccc(C(F)(F)F)c2)c(O)c2ccccc21. The minimum atomic E-state index is -4.57. The molecule has 0 fully saturated rings. The number of fused-ring (bicyclic) bond motifs is 1. The Kier molecular flexibility index (Phi) is 6.14. The Morgan fingerprint density at radius 2 is 1.83 bits per heavy atom. The summed E-state index contributed by atoms with van der Waals surface area (Å²) >= 11 is 0. The van der Waals surface area contributed by atoms with Gasteiger partial charge in [0.1, 0.15) is 11.3 Å². The number of rotatable bonds is 6. The molecule has 0 atom stereocenters. The Labute approximate surface area is 170 Å². The maximum atomic E-state index is 13.0. The van der Waals surface area contributed by atoms with E-state index in [0.717, 1.165) is 31.0 Å². The fourth-order valence-electron chi connectivity index (χ4n) is 3.30. The lowest BCUT2D eigenvalue weighted by Crippen LogP contribution is -2.30. The zero-order chi connectivity index (χ0) is 21.9. The van der Waals surface area contributed by atoms with Gasteiger partial charge < -0.3 is 15.0 Å². The van der Waals surface area contributed by atoms with E-state index in [-0.39, 0.29) is 5.69 Å². The minimum absolute atomic E-state index is 0.126. The number of hydrogen-bond acceptors (Lipinski definition) is 3. The van der Waals surface area contributed by atoms with E-state index in [1.807, 2.05) is 6.92 Å². The second-order valence-corrected chi connectivity index (χ2v) is 6.94. The van der Waals surface area contributed by atoms with Crippen LogP contribution in [0.5, 0.6) is 5.75 Å². The van der Waals surface area contributed by atoms with Crippen molar-refractivity contribution in [1.29, 1.82) is 0 Å². The van der Waals surface area contributed by atoms with Gasteiger partial charge in [0.2, 0.25) is 0 Å². The van der Waals surface area contributed by atoms with Crippen molar-refractivity contribution in [3.63, 3.8) is 0 Å². The van der Waals surface area contributed by atoms with Crippen molar-refractivity contribution in [2.75, 3.05) is 5.32 Å². The molecule has 158 valence electrons. The van der Waals surface area contributed by atoms with Crippen LogP contribution in [0.15, 0.2) is 53.3 Å². The number of amides is 1. The van der Waals surface area contributed by atoms with Crippen molar-refractivity contribution in [3.05, 3.63) is 70.0 Å². The van der Waals surface area contributed by atoms with Gasteiger partial charge in [-0.25, -0.2) is 0 Å². The molecule has 0 spiro atoms. The highest BCUT2D eigenvalue weighted by Crippen LogP contribution is 2.31. The van der Waals surface area contributed by atoms with Crippen LogP contribution in [0.2, 0.25) is 0 Å². The van der Waals surface area contributed by atoms with Crippen LogP contribution >= 0.6 is 0 Å². The molecule has 1 aromatic heterocycles. The van der Waals surface area contributed by atoms with E-state index in [1.54, 1.807) is 24.3 Å². The molecule has 0 saturated carbocycles. The molecule has 5 nitrogen and oxygen atoms in total. The van der Waals surface area contributed by atoms with Crippen LogP contribution in [0.3, 0.4) is 0 Å². The van der Waals surface area contributed by atoms with Gasteiger partial charge in [-0.1, -0.05) is 38.0 Å². The Balaban J connectivity index is 2.05. The summed E-state index contributed by atoms with van der Waals surface area (Å²) in [5, 5.41) is 13.2. The van der Waals surface area contributed by atoms with E-state index in [4.69, 9.17) is 0 Å². The van der Waals surface area contributed by atoms with Gasteiger partial charge in [0.15, 0.2) is 0 Å². The number of nitrogens with zero attached hydrogens (tertiary/aromatic N) is 1. The van der Waals surface area contributed by atoms with E-state index in [2.05, 4.69) is 5.32 Å². The largest absolute Gasteiger partial charge is 0.506 e. The van der Waals surface area contributed by atoms with Crippen molar-refractivity contribution in [2.45, 2.75) is 38.9 Å². The van der Waals surface area contributed by atoms with Gasteiger partial charge in [-0.2, -0.15) is 13.2 Å². The highest BCUT2D eigenvalue weighted by molar-refractivity contribution is 6.09. The molecule has 0 unspecified atom stereocenters. The summed E-state index contributed by atoms with van der Waals surface area (Å²) in [5.41, 5.74) is -1.75. The lowest BCUT2D eigenvalue weighted by atomic mass is 10.1. The zero-order valence-corrected chi connectivity index (χ0v) is 16.3. The van der Waals surface area contributed by atoms with Gasteiger partial charge in [0, 0.05) is 17.6 Å². The summed E-state index contributed by atoms with van der Waals surface area (Å²) in [4.78, 5) is 25.8. The summed E-state index contributed by atoms with van der Waals surface area (Å²) in [6.07, 6.45) is -2.04.